The van der Waals surface area contributed by atoms with Crippen molar-refractivity contribution in [2.45, 2.75) is 70.4 Å². The van der Waals surface area contributed by atoms with Crippen molar-refractivity contribution in [1.29, 1.82) is 0 Å². The standard InChI is InChI=1S/C21H34N4O3S/c1-16(2)25(17(3)4)15-14-22-20(26)12-6-5-9-13-23-21-18-10-7-8-11-19(18)29(27,28)24-21/h7-8,10-11,16-17H,5-6,9,12-15H2,1-4H3,(H,22,26)(H,23,24). The molecule has 2 N–H and O–H groups in total. The summed E-state index contributed by atoms with van der Waals surface area (Å²) >= 11 is 0. The molecule has 0 atom stereocenters. The number of nitrogens with zero attached hydrogens (tertiary/aromatic N) is 2. The molecule has 7 nitrogen and oxygen atoms in total. The summed E-state index contributed by atoms with van der Waals surface area (Å²) < 4.78 is 26.6. The molecule has 29 heavy (non-hydrogen) atoms. The van der Waals surface area contributed by atoms with E-state index >= 15 is 0 Å². The lowest BCUT2D eigenvalue weighted by Gasteiger charge is -2.30. The lowest BCUT2D eigenvalue weighted by atomic mass is 10.2. The third kappa shape index (κ3) is 6.82. The Bertz CT molecular complexity index is 811. The van der Waals surface area contributed by atoms with Gasteiger partial charge in [-0.15, -0.1) is 0 Å². The number of unbranched alkanes of at least 4 members (excludes halogenated alkanes) is 2. The summed E-state index contributed by atoms with van der Waals surface area (Å²) in [5.74, 6) is 0.499. The maximum Gasteiger partial charge on any atom is 0.263 e. The van der Waals surface area contributed by atoms with Crippen molar-refractivity contribution in [3.8, 4) is 0 Å². The van der Waals surface area contributed by atoms with Gasteiger partial charge in [0.15, 0.2) is 0 Å². The highest BCUT2D eigenvalue weighted by atomic mass is 32.2. The van der Waals surface area contributed by atoms with Crippen LogP contribution < -0.4 is 10.0 Å². The molecular weight excluding hydrogens is 388 g/mol. The fraction of sp³-hybridized carbons (Fsp3) is 0.619. The van der Waals surface area contributed by atoms with Gasteiger partial charge in [-0.1, -0.05) is 18.6 Å². The Kier molecular flexibility index (Phi) is 8.64. The molecule has 0 bridgehead atoms. The predicted molar refractivity (Wildman–Crippen MR) is 117 cm³/mol. The van der Waals surface area contributed by atoms with Gasteiger partial charge in [0, 0.05) is 43.7 Å². The molecule has 1 heterocycles. The van der Waals surface area contributed by atoms with Gasteiger partial charge in [0.25, 0.3) is 10.0 Å². The Balaban J connectivity index is 1.64. The molecule has 0 aromatic heterocycles. The molecule has 0 aliphatic carbocycles. The van der Waals surface area contributed by atoms with Gasteiger partial charge < -0.3 is 5.32 Å². The van der Waals surface area contributed by atoms with E-state index in [1.165, 1.54) is 0 Å². The first-order chi connectivity index (χ1) is 13.7. The predicted octanol–water partition coefficient (Wildman–Crippen LogP) is 2.52. The minimum atomic E-state index is -3.48. The first-order valence-electron chi connectivity index (χ1n) is 10.4. The summed E-state index contributed by atoms with van der Waals surface area (Å²) in [5, 5.41) is 2.99. The number of carbonyl (C=O) groups is 1. The minimum Gasteiger partial charge on any atom is -0.355 e. The van der Waals surface area contributed by atoms with E-state index in [2.05, 4.69) is 47.6 Å². The van der Waals surface area contributed by atoms with E-state index in [1.54, 1.807) is 24.3 Å². The van der Waals surface area contributed by atoms with E-state index in [-0.39, 0.29) is 10.8 Å². The molecule has 0 spiro atoms. The number of amidine groups is 1. The van der Waals surface area contributed by atoms with Gasteiger partial charge in [-0.3, -0.25) is 19.4 Å². The van der Waals surface area contributed by atoms with Crippen LogP contribution in [-0.4, -0.2) is 56.8 Å². The number of hydrogen-bond donors (Lipinski definition) is 2. The number of hydrogen-bond acceptors (Lipinski definition) is 5. The van der Waals surface area contributed by atoms with Crippen LogP contribution in [0.5, 0.6) is 0 Å². The molecule has 1 aliphatic rings. The monoisotopic (exact) mass is 422 g/mol. The van der Waals surface area contributed by atoms with Crippen molar-refractivity contribution >= 4 is 21.8 Å². The summed E-state index contributed by atoms with van der Waals surface area (Å²) in [6, 6.07) is 7.78. The van der Waals surface area contributed by atoms with Crippen LogP contribution in [0.3, 0.4) is 0 Å². The normalized spacial score (nSPS) is 16.4. The second kappa shape index (κ2) is 10.7. The SMILES string of the molecule is CC(C)N(CCNC(=O)CCCCCN=C1NS(=O)(=O)c2ccccc21)C(C)C. The number of fused-ring (bicyclic) bond motifs is 1. The van der Waals surface area contributed by atoms with E-state index < -0.39 is 10.0 Å². The maximum atomic E-state index is 12.0. The van der Waals surface area contributed by atoms with Crippen molar-refractivity contribution in [1.82, 2.24) is 14.9 Å². The van der Waals surface area contributed by atoms with E-state index in [4.69, 9.17) is 0 Å². The van der Waals surface area contributed by atoms with Crippen molar-refractivity contribution in [2.24, 2.45) is 4.99 Å². The highest BCUT2D eigenvalue weighted by Gasteiger charge is 2.29. The minimum absolute atomic E-state index is 0.0845. The zero-order valence-corrected chi connectivity index (χ0v) is 18.8. The first-order valence-corrected chi connectivity index (χ1v) is 11.9. The van der Waals surface area contributed by atoms with Gasteiger partial charge in [0.1, 0.15) is 5.84 Å². The van der Waals surface area contributed by atoms with Crippen LogP contribution in [0.15, 0.2) is 34.2 Å². The molecule has 0 unspecified atom stereocenters. The molecule has 1 aromatic rings. The van der Waals surface area contributed by atoms with Crippen LogP contribution in [0, 0.1) is 0 Å². The smallest absolute Gasteiger partial charge is 0.263 e. The Morgan fingerprint density at radius 2 is 1.79 bits per heavy atom. The van der Waals surface area contributed by atoms with Gasteiger partial charge in [-0.2, -0.15) is 0 Å². The van der Waals surface area contributed by atoms with E-state index in [0.29, 0.717) is 43.0 Å². The molecule has 2 rings (SSSR count). The zero-order chi connectivity index (χ0) is 21.4. The summed E-state index contributed by atoms with van der Waals surface area (Å²) in [4.78, 5) is 19.0. The molecule has 1 amide bonds. The Labute approximate surface area is 175 Å². The number of benzene rings is 1. The average Bonchev–Trinajstić information content (AvgIpc) is 2.92. The van der Waals surface area contributed by atoms with Gasteiger partial charge in [-0.25, -0.2) is 8.42 Å². The molecular formula is C21H34N4O3S. The van der Waals surface area contributed by atoms with Gasteiger partial charge >= 0.3 is 0 Å². The number of rotatable bonds is 11. The van der Waals surface area contributed by atoms with E-state index in [9.17, 15) is 13.2 Å². The Hall–Kier alpha value is -1.93. The summed E-state index contributed by atoms with van der Waals surface area (Å²) in [7, 11) is -3.48. The van der Waals surface area contributed by atoms with Gasteiger partial charge in [0.2, 0.25) is 5.91 Å². The Morgan fingerprint density at radius 3 is 2.48 bits per heavy atom. The van der Waals surface area contributed by atoms with E-state index in [0.717, 1.165) is 25.8 Å². The molecule has 0 radical (unpaired) electrons. The third-order valence-electron chi connectivity index (χ3n) is 5.01. The average molecular weight is 423 g/mol. The Morgan fingerprint density at radius 1 is 1.10 bits per heavy atom. The first kappa shape index (κ1) is 23.3. The van der Waals surface area contributed by atoms with Crippen molar-refractivity contribution in [2.75, 3.05) is 19.6 Å². The fourth-order valence-electron chi connectivity index (χ4n) is 3.54. The highest BCUT2D eigenvalue weighted by Crippen LogP contribution is 2.22. The van der Waals surface area contributed by atoms with Crippen molar-refractivity contribution in [3.63, 3.8) is 0 Å². The van der Waals surface area contributed by atoms with Crippen molar-refractivity contribution in [3.05, 3.63) is 29.8 Å². The van der Waals surface area contributed by atoms with Crippen molar-refractivity contribution < 1.29 is 13.2 Å². The summed E-state index contributed by atoms with van der Waals surface area (Å²) in [6.07, 6.45) is 3.00. The van der Waals surface area contributed by atoms with Gasteiger partial charge in [-0.05, 0) is 52.7 Å². The quantitative estimate of drug-likeness (QED) is 0.536. The number of sulfonamides is 1. The topological polar surface area (TPSA) is 90.9 Å². The molecule has 1 aromatic carbocycles. The molecule has 1 aliphatic heterocycles. The molecule has 0 saturated heterocycles. The molecule has 162 valence electrons. The molecule has 0 fully saturated rings. The lowest BCUT2D eigenvalue weighted by Crippen LogP contribution is -2.42. The fourth-order valence-corrected chi connectivity index (χ4v) is 4.79. The highest BCUT2D eigenvalue weighted by molar-refractivity contribution is 7.90. The number of aliphatic imine (C=N–C) groups is 1. The van der Waals surface area contributed by atoms with E-state index in [1.807, 2.05) is 0 Å². The molecule has 8 heteroatoms. The van der Waals surface area contributed by atoms with Crippen LogP contribution in [-0.2, 0) is 14.8 Å². The van der Waals surface area contributed by atoms with Crippen LogP contribution in [0.25, 0.3) is 0 Å². The number of nitrogens with one attached hydrogen (secondary N) is 2. The lowest BCUT2D eigenvalue weighted by molar-refractivity contribution is -0.121. The second-order valence-corrected chi connectivity index (χ2v) is 9.57. The largest absolute Gasteiger partial charge is 0.355 e. The zero-order valence-electron chi connectivity index (χ0n) is 17.9. The number of amides is 1. The summed E-state index contributed by atoms with van der Waals surface area (Å²) in [5.41, 5.74) is 0.628. The van der Waals surface area contributed by atoms with Gasteiger partial charge in [0.05, 0.1) is 4.90 Å². The van der Waals surface area contributed by atoms with Crippen LogP contribution in [0.2, 0.25) is 0 Å². The third-order valence-corrected chi connectivity index (χ3v) is 6.41. The summed E-state index contributed by atoms with van der Waals surface area (Å²) in [6.45, 7) is 10.7. The van der Waals surface area contributed by atoms with Crippen LogP contribution in [0.4, 0.5) is 0 Å². The van der Waals surface area contributed by atoms with Crippen LogP contribution in [0.1, 0.15) is 58.9 Å². The second-order valence-electron chi connectivity index (χ2n) is 7.92. The molecule has 0 saturated carbocycles. The van der Waals surface area contributed by atoms with Crippen LogP contribution >= 0.6 is 0 Å². The maximum absolute atomic E-state index is 12.0. The number of carbonyl (C=O) groups excluding carboxylic acids is 1.